The highest BCUT2D eigenvalue weighted by molar-refractivity contribution is 7.98. The van der Waals surface area contributed by atoms with Gasteiger partial charge in [0.05, 0.1) is 0 Å². The summed E-state index contributed by atoms with van der Waals surface area (Å²) in [6.07, 6.45) is 5.09. The van der Waals surface area contributed by atoms with Crippen LogP contribution in [0.25, 0.3) is 0 Å². The van der Waals surface area contributed by atoms with Crippen LogP contribution in [-0.2, 0) is 9.59 Å². The third kappa shape index (κ3) is 5.46. The van der Waals surface area contributed by atoms with Crippen LogP contribution in [0, 0.1) is 0 Å². The number of carbonyl (C=O) groups excluding carboxylic acids is 2. The van der Waals surface area contributed by atoms with Crippen molar-refractivity contribution in [1.82, 2.24) is 10.6 Å². The van der Waals surface area contributed by atoms with Gasteiger partial charge in [-0.15, -0.1) is 12.4 Å². The van der Waals surface area contributed by atoms with Gasteiger partial charge in [-0.1, -0.05) is 0 Å². The van der Waals surface area contributed by atoms with Crippen molar-refractivity contribution in [2.24, 2.45) is 5.73 Å². The molecular weight excluding hydrogens is 274 g/mol. The normalized spacial score (nSPS) is 23.0. The number of carbonyl (C=O) groups is 2. The van der Waals surface area contributed by atoms with Crippen molar-refractivity contribution in [3.63, 3.8) is 0 Å². The number of halogens is 1. The summed E-state index contributed by atoms with van der Waals surface area (Å²) >= 11 is 1.67. The second-order valence-corrected chi connectivity index (χ2v) is 5.17. The summed E-state index contributed by atoms with van der Waals surface area (Å²) in [7, 11) is 0. The Morgan fingerprint density at radius 1 is 1.11 bits per heavy atom. The Bertz CT molecular complexity index is 279. The van der Waals surface area contributed by atoms with Gasteiger partial charge in [-0.2, -0.15) is 11.8 Å². The first kappa shape index (κ1) is 17.5. The van der Waals surface area contributed by atoms with Gasteiger partial charge in [-0.3, -0.25) is 9.59 Å². The molecule has 2 atom stereocenters. The van der Waals surface area contributed by atoms with Crippen LogP contribution in [0.4, 0.5) is 0 Å². The Balaban J connectivity index is 0.00000289. The maximum absolute atomic E-state index is 11.7. The van der Waals surface area contributed by atoms with Gasteiger partial charge < -0.3 is 16.4 Å². The SMILES string of the molecule is CSCCC1NC(=O)C(CCCCN)NC1=O.Cl. The fourth-order valence-corrected chi connectivity index (χ4v) is 2.28. The minimum Gasteiger partial charge on any atom is -0.343 e. The smallest absolute Gasteiger partial charge is 0.243 e. The number of piperazine rings is 1. The molecule has 1 aliphatic rings. The number of rotatable bonds is 7. The van der Waals surface area contributed by atoms with Gasteiger partial charge in [0.2, 0.25) is 11.8 Å². The summed E-state index contributed by atoms with van der Waals surface area (Å²) in [6, 6.07) is -0.736. The predicted molar refractivity (Wildman–Crippen MR) is 77.0 cm³/mol. The molecule has 1 heterocycles. The molecule has 0 aliphatic carbocycles. The molecule has 106 valence electrons. The van der Waals surface area contributed by atoms with Crippen molar-refractivity contribution in [3.8, 4) is 0 Å². The zero-order valence-electron chi connectivity index (χ0n) is 10.6. The molecular formula is C11H22ClN3O2S. The van der Waals surface area contributed by atoms with E-state index < -0.39 is 0 Å². The van der Waals surface area contributed by atoms with Crippen molar-refractivity contribution in [1.29, 1.82) is 0 Å². The summed E-state index contributed by atoms with van der Waals surface area (Å²) in [5.74, 6) is 0.750. The largest absolute Gasteiger partial charge is 0.343 e. The van der Waals surface area contributed by atoms with E-state index >= 15 is 0 Å². The lowest BCUT2D eigenvalue weighted by Gasteiger charge is -2.29. The van der Waals surface area contributed by atoms with Crippen LogP contribution in [0.3, 0.4) is 0 Å². The fourth-order valence-electron chi connectivity index (χ4n) is 1.81. The second-order valence-electron chi connectivity index (χ2n) is 4.19. The Hall–Kier alpha value is -0.460. The van der Waals surface area contributed by atoms with Crippen LogP contribution in [0.1, 0.15) is 25.7 Å². The van der Waals surface area contributed by atoms with Gasteiger partial charge >= 0.3 is 0 Å². The average molecular weight is 296 g/mol. The van der Waals surface area contributed by atoms with Crippen LogP contribution in [0.15, 0.2) is 0 Å². The van der Waals surface area contributed by atoms with Crippen LogP contribution in [-0.4, -0.2) is 42.5 Å². The first-order valence-corrected chi connectivity index (χ1v) is 7.38. The number of hydrogen-bond donors (Lipinski definition) is 3. The van der Waals surface area contributed by atoms with Gasteiger partial charge in [0, 0.05) is 0 Å². The molecule has 1 aliphatic heterocycles. The number of nitrogens with one attached hydrogen (secondary N) is 2. The highest BCUT2D eigenvalue weighted by atomic mass is 35.5. The molecule has 18 heavy (non-hydrogen) atoms. The number of nitrogens with two attached hydrogens (primary N) is 1. The lowest BCUT2D eigenvalue weighted by molar-refractivity contribution is -0.137. The Kier molecular flexibility index (Phi) is 9.23. The lowest BCUT2D eigenvalue weighted by Crippen LogP contribution is -2.61. The summed E-state index contributed by atoms with van der Waals surface area (Å²) in [5.41, 5.74) is 5.39. The predicted octanol–water partition coefficient (Wildman–Crippen LogP) is 0.274. The summed E-state index contributed by atoms with van der Waals surface area (Å²) in [5, 5.41) is 5.57. The van der Waals surface area contributed by atoms with E-state index in [2.05, 4.69) is 10.6 Å². The Morgan fingerprint density at radius 2 is 1.67 bits per heavy atom. The van der Waals surface area contributed by atoms with Crippen LogP contribution >= 0.6 is 24.2 Å². The highest BCUT2D eigenvalue weighted by Gasteiger charge is 2.32. The van der Waals surface area contributed by atoms with E-state index in [1.54, 1.807) is 11.8 Å². The molecule has 0 radical (unpaired) electrons. The zero-order valence-corrected chi connectivity index (χ0v) is 12.2. The quantitative estimate of drug-likeness (QED) is 0.589. The first-order valence-electron chi connectivity index (χ1n) is 5.98. The molecule has 7 heteroatoms. The maximum atomic E-state index is 11.7. The molecule has 0 saturated carbocycles. The molecule has 5 nitrogen and oxygen atoms in total. The zero-order chi connectivity index (χ0) is 12.7. The van der Waals surface area contributed by atoms with E-state index in [1.807, 2.05) is 6.26 Å². The van der Waals surface area contributed by atoms with E-state index in [9.17, 15) is 9.59 Å². The fraction of sp³-hybridized carbons (Fsp3) is 0.818. The van der Waals surface area contributed by atoms with Gasteiger partial charge in [0.1, 0.15) is 12.1 Å². The third-order valence-electron chi connectivity index (χ3n) is 2.82. The highest BCUT2D eigenvalue weighted by Crippen LogP contribution is 2.09. The monoisotopic (exact) mass is 295 g/mol. The standard InChI is InChI=1S/C11H21N3O2S.ClH/c1-17-7-5-9-11(16)13-8(10(15)14-9)4-2-3-6-12;/h8-9H,2-7,12H2,1H3,(H,13,16)(H,14,15);1H. The maximum Gasteiger partial charge on any atom is 0.243 e. The van der Waals surface area contributed by atoms with Gasteiger partial charge in [-0.25, -0.2) is 0 Å². The van der Waals surface area contributed by atoms with E-state index in [-0.39, 0.29) is 36.3 Å². The van der Waals surface area contributed by atoms with E-state index in [4.69, 9.17) is 5.73 Å². The van der Waals surface area contributed by atoms with Crippen molar-refractivity contribution in [2.75, 3.05) is 18.6 Å². The molecule has 2 unspecified atom stereocenters. The van der Waals surface area contributed by atoms with E-state index in [1.165, 1.54) is 0 Å². The number of thioether (sulfide) groups is 1. The third-order valence-corrected chi connectivity index (χ3v) is 3.47. The van der Waals surface area contributed by atoms with Gasteiger partial charge in [0.25, 0.3) is 0 Å². The molecule has 2 amide bonds. The molecule has 1 saturated heterocycles. The van der Waals surface area contributed by atoms with Crippen molar-refractivity contribution >= 4 is 36.0 Å². The minimum absolute atomic E-state index is 0. The van der Waals surface area contributed by atoms with Gasteiger partial charge in [-0.05, 0) is 44.2 Å². The van der Waals surface area contributed by atoms with Crippen molar-refractivity contribution in [3.05, 3.63) is 0 Å². The van der Waals surface area contributed by atoms with Crippen molar-refractivity contribution in [2.45, 2.75) is 37.8 Å². The Labute approximate surface area is 118 Å². The average Bonchev–Trinajstić information content (AvgIpc) is 2.31. The summed E-state index contributed by atoms with van der Waals surface area (Å²) < 4.78 is 0. The number of hydrogen-bond acceptors (Lipinski definition) is 4. The number of unbranched alkanes of at least 4 members (excludes halogenated alkanes) is 1. The molecule has 1 fully saturated rings. The molecule has 1 rings (SSSR count). The number of amides is 2. The topological polar surface area (TPSA) is 84.2 Å². The minimum atomic E-state index is -0.375. The summed E-state index contributed by atoms with van der Waals surface area (Å²) in [6.45, 7) is 0.624. The van der Waals surface area contributed by atoms with Crippen molar-refractivity contribution < 1.29 is 9.59 Å². The van der Waals surface area contributed by atoms with E-state index in [0.717, 1.165) is 18.6 Å². The molecule has 0 aromatic heterocycles. The van der Waals surface area contributed by atoms with Crippen LogP contribution in [0.5, 0.6) is 0 Å². The molecule has 4 N–H and O–H groups in total. The van der Waals surface area contributed by atoms with Crippen LogP contribution in [0.2, 0.25) is 0 Å². The second kappa shape index (κ2) is 9.47. The summed E-state index contributed by atoms with van der Waals surface area (Å²) in [4.78, 5) is 23.5. The molecule has 0 bridgehead atoms. The molecule has 0 spiro atoms. The molecule has 0 aromatic rings. The van der Waals surface area contributed by atoms with Gasteiger partial charge in [0.15, 0.2) is 0 Å². The Morgan fingerprint density at radius 3 is 2.17 bits per heavy atom. The molecule has 0 aromatic carbocycles. The first-order chi connectivity index (χ1) is 8.19. The van der Waals surface area contributed by atoms with Crippen LogP contribution < -0.4 is 16.4 Å². The lowest BCUT2D eigenvalue weighted by atomic mass is 10.0. The van der Waals surface area contributed by atoms with E-state index in [0.29, 0.717) is 19.4 Å².